The molecule has 1 aromatic rings. The van der Waals surface area contributed by atoms with Gasteiger partial charge < -0.3 is 10.0 Å². The van der Waals surface area contributed by atoms with Crippen LogP contribution in [0.1, 0.15) is 29.6 Å². The molecule has 0 bridgehead atoms. The lowest BCUT2D eigenvalue weighted by molar-refractivity contribution is 0.112. The zero-order valence-corrected chi connectivity index (χ0v) is 9.17. The molecule has 1 heterocycles. The fraction of sp³-hybridized carbons (Fsp3) is 0.500. The Kier molecular flexibility index (Phi) is 3.51. The van der Waals surface area contributed by atoms with Crippen LogP contribution < -0.4 is 4.90 Å². The molecule has 4 heteroatoms. The summed E-state index contributed by atoms with van der Waals surface area (Å²) in [7, 11) is 0. The summed E-state index contributed by atoms with van der Waals surface area (Å²) in [5, 5.41) is 9.07. The monoisotopic (exact) mass is 220 g/mol. The van der Waals surface area contributed by atoms with Crippen LogP contribution >= 0.6 is 0 Å². The van der Waals surface area contributed by atoms with Gasteiger partial charge in [0, 0.05) is 18.8 Å². The molecule has 0 aromatic carbocycles. The first-order valence-electron chi connectivity index (χ1n) is 5.64. The van der Waals surface area contributed by atoms with E-state index in [1.807, 2.05) is 4.90 Å². The van der Waals surface area contributed by atoms with Crippen molar-refractivity contribution in [3.05, 3.63) is 23.9 Å². The minimum atomic E-state index is 0.0887. The second-order valence-electron chi connectivity index (χ2n) is 4.04. The van der Waals surface area contributed by atoms with Gasteiger partial charge in [-0.2, -0.15) is 0 Å². The third kappa shape index (κ3) is 2.07. The summed E-state index contributed by atoms with van der Waals surface area (Å²) in [6.07, 6.45) is 5.97. The third-order valence-corrected chi connectivity index (χ3v) is 3.07. The van der Waals surface area contributed by atoms with E-state index in [4.69, 9.17) is 5.11 Å². The number of carbonyl (C=O) groups is 1. The Balaban J connectivity index is 2.25. The van der Waals surface area contributed by atoms with Crippen molar-refractivity contribution in [1.29, 1.82) is 0 Å². The van der Waals surface area contributed by atoms with Crippen LogP contribution in [0.15, 0.2) is 18.3 Å². The van der Waals surface area contributed by atoms with Crippen molar-refractivity contribution in [2.75, 3.05) is 18.1 Å². The molecule has 0 radical (unpaired) electrons. The fourth-order valence-electron chi connectivity index (χ4n) is 2.01. The van der Waals surface area contributed by atoms with Gasteiger partial charge in [0.25, 0.3) is 0 Å². The van der Waals surface area contributed by atoms with Crippen LogP contribution in [0.5, 0.6) is 0 Å². The number of aldehydes is 1. The standard InChI is InChI=1S/C12H16N2O2/c15-8-7-14(11-4-1-5-11)12-10(9-16)3-2-6-13-12/h2-3,6,9,11,15H,1,4-5,7-8H2. The number of pyridine rings is 1. The van der Waals surface area contributed by atoms with Crippen molar-refractivity contribution in [3.8, 4) is 0 Å². The molecule has 0 aliphatic heterocycles. The van der Waals surface area contributed by atoms with E-state index in [9.17, 15) is 4.79 Å². The molecule has 1 N–H and O–H groups in total. The van der Waals surface area contributed by atoms with Crippen molar-refractivity contribution < 1.29 is 9.90 Å². The van der Waals surface area contributed by atoms with Gasteiger partial charge in [0.2, 0.25) is 0 Å². The van der Waals surface area contributed by atoms with Crippen molar-refractivity contribution in [3.63, 3.8) is 0 Å². The molecule has 0 spiro atoms. The Hall–Kier alpha value is -1.42. The first-order chi connectivity index (χ1) is 7.86. The number of carbonyl (C=O) groups excluding carboxylic acids is 1. The summed E-state index contributed by atoms with van der Waals surface area (Å²) in [5.74, 6) is 0.705. The molecule has 0 amide bonds. The number of nitrogens with zero attached hydrogens (tertiary/aromatic N) is 2. The van der Waals surface area contributed by atoms with E-state index < -0.39 is 0 Å². The predicted octanol–water partition coefficient (Wildman–Crippen LogP) is 1.25. The molecule has 4 nitrogen and oxygen atoms in total. The van der Waals surface area contributed by atoms with E-state index in [0.717, 1.165) is 19.1 Å². The normalized spacial score (nSPS) is 15.6. The van der Waals surface area contributed by atoms with E-state index in [-0.39, 0.29) is 6.61 Å². The van der Waals surface area contributed by atoms with Gasteiger partial charge in [-0.3, -0.25) is 4.79 Å². The lowest BCUT2D eigenvalue weighted by Crippen LogP contribution is -2.42. The van der Waals surface area contributed by atoms with Crippen molar-refractivity contribution >= 4 is 12.1 Å². The van der Waals surface area contributed by atoms with E-state index in [0.29, 0.717) is 24.0 Å². The average molecular weight is 220 g/mol. The topological polar surface area (TPSA) is 53.4 Å². The van der Waals surface area contributed by atoms with Gasteiger partial charge in [0.15, 0.2) is 6.29 Å². The molecule has 0 unspecified atom stereocenters. The number of anilines is 1. The molecule has 1 aromatic heterocycles. The minimum Gasteiger partial charge on any atom is -0.395 e. The van der Waals surface area contributed by atoms with Crippen molar-refractivity contribution in [2.45, 2.75) is 25.3 Å². The summed E-state index contributed by atoms with van der Waals surface area (Å²) >= 11 is 0. The maximum Gasteiger partial charge on any atom is 0.153 e. The second kappa shape index (κ2) is 5.07. The number of hydrogen-bond donors (Lipinski definition) is 1. The van der Waals surface area contributed by atoms with Gasteiger partial charge in [-0.05, 0) is 31.4 Å². The second-order valence-corrected chi connectivity index (χ2v) is 4.04. The van der Waals surface area contributed by atoms with Crippen molar-refractivity contribution in [2.24, 2.45) is 0 Å². The molecule has 86 valence electrons. The van der Waals surface area contributed by atoms with E-state index >= 15 is 0 Å². The smallest absolute Gasteiger partial charge is 0.153 e. The Morgan fingerprint density at radius 3 is 2.94 bits per heavy atom. The minimum absolute atomic E-state index is 0.0887. The molecule has 0 atom stereocenters. The quantitative estimate of drug-likeness (QED) is 0.759. The lowest BCUT2D eigenvalue weighted by atomic mass is 9.91. The number of hydrogen-bond acceptors (Lipinski definition) is 4. The number of aromatic nitrogens is 1. The molecule has 0 saturated heterocycles. The van der Waals surface area contributed by atoms with E-state index in [1.54, 1.807) is 18.3 Å². The zero-order chi connectivity index (χ0) is 11.4. The highest BCUT2D eigenvalue weighted by Crippen LogP contribution is 2.29. The zero-order valence-electron chi connectivity index (χ0n) is 9.17. The molecule has 16 heavy (non-hydrogen) atoms. The molecular weight excluding hydrogens is 204 g/mol. The van der Waals surface area contributed by atoms with Crippen LogP contribution in [-0.4, -0.2) is 35.6 Å². The van der Waals surface area contributed by atoms with E-state index in [1.165, 1.54) is 6.42 Å². The Bertz CT molecular complexity index is 364. The maximum absolute atomic E-state index is 10.9. The number of rotatable bonds is 5. The highest BCUT2D eigenvalue weighted by molar-refractivity contribution is 5.82. The molecule has 1 saturated carbocycles. The first kappa shape index (κ1) is 11.1. The lowest BCUT2D eigenvalue weighted by Gasteiger charge is -2.38. The number of aliphatic hydroxyl groups is 1. The SMILES string of the molecule is O=Cc1cccnc1N(CCO)C1CCC1. The van der Waals surface area contributed by atoms with Crippen LogP contribution in [0, 0.1) is 0 Å². The number of aliphatic hydroxyl groups excluding tert-OH is 1. The Morgan fingerprint density at radius 2 is 2.38 bits per heavy atom. The van der Waals surface area contributed by atoms with Crippen LogP contribution in [0.3, 0.4) is 0 Å². The van der Waals surface area contributed by atoms with Gasteiger partial charge in [0.1, 0.15) is 5.82 Å². The van der Waals surface area contributed by atoms with Crippen LogP contribution in [0.2, 0.25) is 0 Å². The summed E-state index contributed by atoms with van der Waals surface area (Å²) in [5.41, 5.74) is 0.600. The van der Waals surface area contributed by atoms with E-state index in [2.05, 4.69) is 4.98 Å². The van der Waals surface area contributed by atoms with Gasteiger partial charge in [-0.15, -0.1) is 0 Å². The molecular formula is C12H16N2O2. The highest BCUT2D eigenvalue weighted by Gasteiger charge is 2.26. The Labute approximate surface area is 94.9 Å². The van der Waals surface area contributed by atoms with Crippen LogP contribution in [-0.2, 0) is 0 Å². The van der Waals surface area contributed by atoms with Gasteiger partial charge in [0.05, 0.1) is 12.2 Å². The van der Waals surface area contributed by atoms with Gasteiger partial charge >= 0.3 is 0 Å². The summed E-state index contributed by atoms with van der Waals surface area (Å²) in [6.45, 7) is 0.633. The highest BCUT2D eigenvalue weighted by atomic mass is 16.3. The summed E-state index contributed by atoms with van der Waals surface area (Å²) in [6, 6.07) is 3.95. The van der Waals surface area contributed by atoms with Gasteiger partial charge in [-0.25, -0.2) is 4.98 Å². The summed E-state index contributed by atoms with van der Waals surface area (Å²) in [4.78, 5) is 17.2. The molecule has 1 fully saturated rings. The predicted molar refractivity (Wildman–Crippen MR) is 61.7 cm³/mol. The maximum atomic E-state index is 10.9. The average Bonchev–Trinajstić information content (AvgIpc) is 2.26. The largest absolute Gasteiger partial charge is 0.395 e. The molecule has 1 aliphatic carbocycles. The van der Waals surface area contributed by atoms with Crippen LogP contribution in [0.4, 0.5) is 5.82 Å². The van der Waals surface area contributed by atoms with Crippen LogP contribution in [0.25, 0.3) is 0 Å². The summed E-state index contributed by atoms with van der Waals surface area (Å²) < 4.78 is 0. The molecule has 1 aliphatic rings. The Morgan fingerprint density at radius 1 is 1.56 bits per heavy atom. The van der Waals surface area contributed by atoms with Gasteiger partial charge in [-0.1, -0.05) is 0 Å². The molecule has 2 rings (SSSR count). The fourth-order valence-corrected chi connectivity index (χ4v) is 2.01. The third-order valence-electron chi connectivity index (χ3n) is 3.07. The van der Waals surface area contributed by atoms with Crippen molar-refractivity contribution in [1.82, 2.24) is 4.98 Å². The first-order valence-corrected chi connectivity index (χ1v) is 5.64.